The second kappa shape index (κ2) is 5.33. The molecule has 19 heavy (non-hydrogen) atoms. The van der Waals surface area contributed by atoms with E-state index in [-0.39, 0.29) is 11.9 Å². The van der Waals surface area contributed by atoms with Crippen LogP contribution < -0.4 is 10.2 Å². The van der Waals surface area contributed by atoms with Crippen LogP contribution in [0.25, 0.3) is 0 Å². The summed E-state index contributed by atoms with van der Waals surface area (Å²) < 4.78 is 0. The number of nitrogens with one attached hydrogen (secondary N) is 1. The average molecular weight is 258 g/mol. The summed E-state index contributed by atoms with van der Waals surface area (Å²) in [5.74, 6) is 0.212. The van der Waals surface area contributed by atoms with E-state index in [1.165, 1.54) is 31.2 Å². The van der Waals surface area contributed by atoms with E-state index in [9.17, 15) is 4.79 Å². The van der Waals surface area contributed by atoms with Gasteiger partial charge in [-0.2, -0.15) is 0 Å². The van der Waals surface area contributed by atoms with Crippen molar-refractivity contribution in [3.8, 4) is 0 Å². The van der Waals surface area contributed by atoms with Crippen molar-refractivity contribution in [1.29, 1.82) is 0 Å². The lowest BCUT2D eigenvalue weighted by Crippen LogP contribution is -2.43. The zero-order valence-corrected chi connectivity index (χ0v) is 11.6. The third-order valence-corrected chi connectivity index (χ3v) is 4.37. The highest BCUT2D eigenvalue weighted by Crippen LogP contribution is 2.31. The number of rotatable bonds is 3. The molecule has 1 aromatic rings. The molecule has 0 aromatic heterocycles. The van der Waals surface area contributed by atoms with Crippen LogP contribution in [0, 0.1) is 0 Å². The van der Waals surface area contributed by atoms with Crippen LogP contribution in [0.2, 0.25) is 0 Å². The molecule has 3 rings (SSSR count). The minimum absolute atomic E-state index is 0.212. The Kier molecular flexibility index (Phi) is 3.56. The maximum absolute atomic E-state index is 12.4. The predicted molar refractivity (Wildman–Crippen MR) is 77.4 cm³/mol. The third kappa shape index (κ3) is 2.52. The smallest absolute Gasteiger partial charge is 0.241 e. The standard InChI is InChI=1S/C16H22N2O/c1-12-10-13-6-2-5-9-15(13)18(12)16(19)11-17-14-7-3-4-8-14/h2,5-6,9,12,14,17H,3-4,7-8,10-11H2,1H3. The largest absolute Gasteiger partial charge is 0.308 e. The van der Waals surface area contributed by atoms with Gasteiger partial charge >= 0.3 is 0 Å². The lowest BCUT2D eigenvalue weighted by atomic mass is 10.1. The molecule has 1 aliphatic carbocycles. The van der Waals surface area contributed by atoms with Crippen molar-refractivity contribution < 1.29 is 4.79 Å². The van der Waals surface area contributed by atoms with E-state index in [0.29, 0.717) is 12.6 Å². The molecular weight excluding hydrogens is 236 g/mol. The van der Waals surface area contributed by atoms with Crippen LogP contribution >= 0.6 is 0 Å². The van der Waals surface area contributed by atoms with Gasteiger partial charge in [-0.05, 0) is 37.8 Å². The molecule has 2 aliphatic rings. The number of hydrogen-bond donors (Lipinski definition) is 1. The van der Waals surface area contributed by atoms with Crippen molar-refractivity contribution in [1.82, 2.24) is 5.32 Å². The normalized spacial score (nSPS) is 22.8. The average Bonchev–Trinajstić information content (AvgIpc) is 3.02. The van der Waals surface area contributed by atoms with Crippen LogP contribution in [0.3, 0.4) is 0 Å². The van der Waals surface area contributed by atoms with Gasteiger partial charge in [0.25, 0.3) is 0 Å². The lowest BCUT2D eigenvalue weighted by molar-refractivity contribution is -0.118. The van der Waals surface area contributed by atoms with Gasteiger partial charge in [-0.1, -0.05) is 31.0 Å². The number of amides is 1. The summed E-state index contributed by atoms with van der Waals surface area (Å²) in [4.78, 5) is 14.4. The number of hydrogen-bond acceptors (Lipinski definition) is 2. The number of benzene rings is 1. The minimum atomic E-state index is 0.212. The maximum atomic E-state index is 12.4. The van der Waals surface area contributed by atoms with Gasteiger partial charge in [0, 0.05) is 17.8 Å². The van der Waals surface area contributed by atoms with Crippen molar-refractivity contribution in [3.63, 3.8) is 0 Å². The number of carbonyl (C=O) groups excluding carboxylic acids is 1. The van der Waals surface area contributed by atoms with Crippen LogP contribution in [0.1, 0.15) is 38.2 Å². The second-order valence-corrected chi connectivity index (χ2v) is 5.81. The Bertz CT molecular complexity index is 466. The Labute approximate surface area is 115 Å². The molecule has 1 N–H and O–H groups in total. The molecule has 1 aliphatic heterocycles. The Balaban J connectivity index is 1.66. The molecule has 0 spiro atoms. The van der Waals surface area contributed by atoms with Gasteiger partial charge in [0.15, 0.2) is 0 Å². The molecular formula is C16H22N2O. The molecule has 102 valence electrons. The van der Waals surface area contributed by atoms with Crippen molar-refractivity contribution in [2.45, 2.75) is 51.1 Å². The van der Waals surface area contributed by atoms with E-state index in [0.717, 1.165) is 12.1 Å². The molecule has 1 aromatic carbocycles. The number of carbonyl (C=O) groups is 1. The monoisotopic (exact) mass is 258 g/mol. The predicted octanol–water partition coefficient (Wildman–Crippen LogP) is 2.50. The Hall–Kier alpha value is -1.35. The van der Waals surface area contributed by atoms with Gasteiger partial charge < -0.3 is 10.2 Å². The van der Waals surface area contributed by atoms with E-state index in [1.807, 2.05) is 11.0 Å². The fraction of sp³-hybridized carbons (Fsp3) is 0.562. The van der Waals surface area contributed by atoms with Crippen LogP contribution in [0.5, 0.6) is 0 Å². The third-order valence-electron chi connectivity index (χ3n) is 4.37. The van der Waals surface area contributed by atoms with Crippen LogP contribution in [0.15, 0.2) is 24.3 Å². The fourth-order valence-electron chi connectivity index (χ4n) is 3.39. The van der Waals surface area contributed by atoms with E-state index in [4.69, 9.17) is 0 Å². The fourth-order valence-corrected chi connectivity index (χ4v) is 3.39. The summed E-state index contributed by atoms with van der Waals surface area (Å²) in [6.45, 7) is 2.61. The van der Waals surface area contributed by atoms with Crippen molar-refractivity contribution in [2.24, 2.45) is 0 Å². The lowest BCUT2D eigenvalue weighted by Gasteiger charge is -2.24. The van der Waals surface area contributed by atoms with E-state index >= 15 is 0 Å². The molecule has 1 unspecified atom stereocenters. The van der Waals surface area contributed by atoms with Crippen molar-refractivity contribution >= 4 is 11.6 Å². The molecule has 1 amide bonds. The summed E-state index contributed by atoms with van der Waals surface area (Å²) in [5.41, 5.74) is 2.40. The van der Waals surface area contributed by atoms with Gasteiger partial charge in [0.05, 0.1) is 6.54 Å². The molecule has 1 fully saturated rings. The van der Waals surface area contributed by atoms with Crippen LogP contribution in [-0.2, 0) is 11.2 Å². The quantitative estimate of drug-likeness (QED) is 0.903. The first-order chi connectivity index (χ1) is 9.25. The molecule has 3 nitrogen and oxygen atoms in total. The molecule has 1 atom stereocenters. The molecule has 1 heterocycles. The molecule has 0 radical (unpaired) electrons. The van der Waals surface area contributed by atoms with Gasteiger partial charge in [-0.3, -0.25) is 4.79 Å². The molecule has 0 bridgehead atoms. The van der Waals surface area contributed by atoms with E-state index in [1.54, 1.807) is 0 Å². The molecule has 1 saturated carbocycles. The summed E-state index contributed by atoms with van der Waals surface area (Å²) in [7, 11) is 0. The van der Waals surface area contributed by atoms with E-state index < -0.39 is 0 Å². The van der Waals surface area contributed by atoms with Crippen molar-refractivity contribution in [2.75, 3.05) is 11.4 Å². The second-order valence-electron chi connectivity index (χ2n) is 5.81. The summed E-state index contributed by atoms with van der Waals surface area (Å²) in [6.07, 6.45) is 6.02. The highest BCUT2D eigenvalue weighted by molar-refractivity contribution is 5.97. The van der Waals surface area contributed by atoms with Crippen LogP contribution in [-0.4, -0.2) is 24.5 Å². The number of para-hydroxylation sites is 1. The highest BCUT2D eigenvalue weighted by Gasteiger charge is 2.30. The van der Waals surface area contributed by atoms with Gasteiger partial charge in [-0.25, -0.2) is 0 Å². The first kappa shape index (κ1) is 12.7. The summed E-state index contributed by atoms with van der Waals surface area (Å²) in [6, 6.07) is 9.10. The summed E-state index contributed by atoms with van der Waals surface area (Å²) >= 11 is 0. The molecule has 3 heteroatoms. The van der Waals surface area contributed by atoms with E-state index in [2.05, 4.69) is 30.4 Å². The Morgan fingerprint density at radius 2 is 2.05 bits per heavy atom. The first-order valence-corrected chi connectivity index (χ1v) is 7.39. The number of nitrogens with zero attached hydrogens (tertiary/aromatic N) is 1. The Morgan fingerprint density at radius 1 is 1.32 bits per heavy atom. The van der Waals surface area contributed by atoms with Gasteiger partial charge in [0.2, 0.25) is 5.91 Å². The zero-order valence-electron chi connectivity index (χ0n) is 11.6. The minimum Gasteiger partial charge on any atom is -0.308 e. The van der Waals surface area contributed by atoms with Crippen molar-refractivity contribution in [3.05, 3.63) is 29.8 Å². The topological polar surface area (TPSA) is 32.3 Å². The van der Waals surface area contributed by atoms with Gasteiger partial charge in [0.1, 0.15) is 0 Å². The van der Waals surface area contributed by atoms with Gasteiger partial charge in [-0.15, -0.1) is 0 Å². The maximum Gasteiger partial charge on any atom is 0.241 e. The van der Waals surface area contributed by atoms with Crippen LogP contribution in [0.4, 0.5) is 5.69 Å². The highest BCUT2D eigenvalue weighted by atomic mass is 16.2. The molecule has 0 saturated heterocycles. The zero-order chi connectivity index (χ0) is 13.2. The number of anilines is 1. The summed E-state index contributed by atoms with van der Waals surface area (Å²) in [5, 5.41) is 3.42. The Morgan fingerprint density at radius 3 is 2.84 bits per heavy atom. The number of fused-ring (bicyclic) bond motifs is 1. The SMILES string of the molecule is CC1Cc2ccccc2N1C(=O)CNC1CCCC1. The first-order valence-electron chi connectivity index (χ1n) is 7.39.